The Bertz CT molecular complexity index is 871. The standard InChI is InChI=1S/C13H7Cl6NO3S/c1-6-2-4-7(5-3-6)24(22,23)20-10-8(14)9(15)11(21)13(18,19)12(10,16)17/h2-5H,1H3/b20-10+. The smallest absolute Gasteiger partial charge is 0.282 e. The molecule has 1 aromatic rings. The van der Waals surface area contributed by atoms with Crippen LogP contribution in [0.2, 0.25) is 0 Å². The van der Waals surface area contributed by atoms with Gasteiger partial charge in [-0.3, -0.25) is 4.79 Å². The van der Waals surface area contributed by atoms with Crippen LogP contribution in [0.5, 0.6) is 0 Å². The van der Waals surface area contributed by atoms with E-state index in [-0.39, 0.29) is 4.90 Å². The molecule has 1 aliphatic carbocycles. The number of benzene rings is 1. The van der Waals surface area contributed by atoms with E-state index in [1.54, 1.807) is 19.1 Å². The molecule has 1 aliphatic rings. The molecule has 0 amide bonds. The molecule has 0 atom stereocenters. The van der Waals surface area contributed by atoms with E-state index in [4.69, 9.17) is 69.6 Å². The summed E-state index contributed by atoms with van der Waals surface area (Å²) >= 11 is 35.4. The van der Waals surface area contributed by atoms with Gasteiger partial charge in [-0.2, -0.15) is 12.8 Å². The van der Waals surface area contributed by atoms with Crippen molar-refractivity contribution in [3.63, 3.8) is 0 Å². The highest BCUT2D eigenvalue weighted by atomic mass is 35.5. The van der Waals surface area contributed by atoms with Crippen molar-refractivity contribution in [3.8, 4) is 0 Å². The predicted octanol–water partition coefficient (Wildman–Crippen LogP) is 4.74. The van der Waals surface area contributed by atoms with E-state index in [1.807, 2.05) is 0 Å². The number of allylic oxidation sites excluding steroid dienone is 2. The van der Waals surface area contributed by atoms with Crippen molar-refractivity contribution in [2.24, 2.45) is 4.40 Å². The highest BCUT2D eigenvalue weighted by molar-refractivity contribution is 7.90. The largest absolute Gasteiger partial charge is 0.290 e. The molecule has 0 fully saturated rings. The van der Waals surface area contributed by atoms with Crippen molar-refractivity contribution in [1.29, 1.82) is 0 Å². The molecule has 11 heteroatoms. The summed E-state index contributed by atoms with van der Waals surface area (Å²) in [6, 6.07) is 5.81. The Kier molecular flexibility index (Phi) is 5.60. The monoisotopic (exact) mass is 467 g/mol. The highest BCUT2D eigenvalue weighted by Crippen LogP contribution is 2.52. The molecule has 2 rings (SSSR count). The molecule has 0 unspecified atom stereocenters. The molecule has 0 aromatic heterocycles. The van der Waals surface area contributed by atoms with Crippen LogP contribution in [0, 0.1) is 6.92 Å². The summed E-state index contributed by atoms with van der Waals surface area (Å²) in [6.07, 6.45) is 0. The summed E-state index contributed by atoms with van der Waals surface area (Å²) in [4.78, 5) is 11.8. The van der Waals surface area contributed by atoms with Gasteiger partial charge in [0.05, 0.1) is 9.93 Å². The minimum atomic E-state index is -4.26. The van der Waals surface area contributed by atoms with Crippen molar-refractivity contribution < 1.29 is 13.2 Å². The molecule has 4 nitrogen and oxygen atoms in total. The van der Waals surface area contributed by atoms with E-state index in [9.17, 15) is 13.2 Å². The first-order valence-electron chi connectivity index (χ1n) is 6.10. The van der Waals surface area contributed by atoms with E-state index in [1.165, 1.54) is 12.1 Å². The zero-order valence-corrected chi connectivity index (χ0v) is 17.0. The number of sulfonamides is 1. The minimum Gasteiger partial charge on any atom is -0.290 e. The second-order valence-electron chi connectivity index (χ2n) is 4.83. The van der Waals surface area contributed by atoms with Crippen LogP contribution in [-0.2, 0) is 14.8 Å². The van der Waals surface area contributed by atoms with Gasteiger partial charge < -0.3 is 0 Å². The van der Waals surface area contributed by atoms with E-state index in [0.717, 1.165) is 5.56 Å². The normalized spacial score (nSPS) is 22.1. The summed E-state index contributed by atoms with van der Waals surface area (Å²) in [5.41, 5.74) is 0.207. The van der Waals surface area contributed by atoms with Gasteiger partial charge in [0.2, 0.25) is 14.4 Å². The lowest BCUT2D eigenvalue weighted by Gasteiger charge is -2.35. The Labute approximate surface area is 168 Å². The van der Waals surface area contributed by atoms with Gasteiger partial charge in [-0.25, -0.2) is 0 Å². The van der Waals surface area contributed by atoms with E-state index >= 15 is 0 Å². The maximum absolute atomic E-state index is 12.4. The van der Waals surface area contributed by atoms with Crippen LogP contribution in [0.15, 0.2) is 43.6 Å². The van der Waals surface area contributed by atoms with Gasteiger partial charge in [-0.15, -0.1) is 0 Å². The zero-order chi connectivity index (χ0) is 18.5. The van der Waals surface area contributed by atoms with Gasteiger partial charge in [-0.1, -0.05) is 87.3 Å². The number of ketones is 1. The summed E-state index contributed by atoms with van der Waals surface area (Å²) in [5.74, 6) is -1.06. The van der Waals surface area contributed by atoms with Crippen LogP contribution >= 0.6 is 69.6 Å². The fourth-order valence-corrected chi connectivity index (χ4v) is 4.46. The lowest BCUT2D eigenvalue weighted by Crippen LogP contribution is -2.53. The first-order chi connectivity index (χ1) is 10.8. The van der Waals surface area contributed by atoms with Crippen LogP contribution in [-0.4, -0.2) is 28.6 Å². The Morgan fingerprint density at radius 3 is 1.92 bits per heavy atom. The quantitative estimate of drug-likeness (QED) is 0.587. The van der Waals surface area contributed by atoms with Crippen molar-refractivity contribution >= 4 is 91.1 Å². The number of hydrogen-bond acceptors (Lipinski definition) is 3. The highest BCUT2D eigenvalue weighted by Gasteiger charge is 2.61. The summed E-state index contributed by atoms with van der Waals surface area (Å²) < 4.78 is 23.5. The molecule has 0 aliphatic heterocycles. The number of rotatable bonds is 2. The predicted molar refractivity (Wildman–Crippen MR) is 98.4 cm³/mol. The second-order valence-corrected chi connectivity index (χ2v) is 9.85. The number of carbonyl (C=O) groups is 1. The number of halogens is 6. The Morgan fingerprint density at radius 2 is 1.42 bits per heavy atom. The maximum Gasteiger partial charge on any atom is 0.282 e. The molecule has 0 saturated heterocycles. The van der Waals surface area contributed by atoms with Gasteiger partial charge in [0, 0.05) is 0 Å². The Morgan fingerprint density at radius 1 is 0.917 bits per heavy atom. The first kappa shape index (κ1) is 20.3. The molecule has 0 radical (unpaired) electrons. The summed E-state index contributed by atoms with van der Waals surface area (Å²) in [6.45, 7) is 1.78. The first-order valence-corrected chi connectivity index (χ1v) is 9.81. The van der Waals surface area contributed by atoms with Gasteiger partial charge in [-0.05, 0) is 19.1 Å². The molecular weight excluding hydrogens is 463 g/mol. The van der Waals surface area contributed by atoms with Crippen LogP contribution in [0.4, 0.5) is 0 Å². The third-order valence-electron chi connectivity index (χ3n) is 3.11. The minimum absolute atomic E-state index is 0.142. The number of nitrogens with zero attached hydrogens (tertiary/aromatic N) is 1. The lowest BCUT2D eigenvalue weighted by atomic mass is 10.0. The molecule has 130 valence electrons. The average Bonchev–Trinajstić information content (AvgIpc) is 2.49. The Hall–Kier alpha value is -0.0100. The number of hydrogen-bond donors (Lipinski definition) is 0. The fourth-order valence-electron chi connectivity index (χ4n) is 1.75. The SMILES string of the molecule is Cc1ccc(S(=O)(=O)/N=C2\C(Cl)=C(Cl)C(=O)C(Cl)(Cl)C2(Cl)Cl)cc1. The van der Waals surface area contributed by atoms with E-state index < -0.39 is 40.2 Å². The molecule has 0 heterocycles. The maximum atomic E-state index is 12.4. The van der Waals surface area contributed by atoms with Crippen LogP contribution < -0.4 is 0 Å². The van der Waals surface area contributed by atoms with Crippen molar-refractivity contribution in [3.05, 3.63) is 39.9 Å². The molecule has 1 aromatic carbocycles. The topological polar surface area (TPSA) is 63.6 Å². The fraction of sp³-hybridized carbons (Fsp3) is 0.231. The molecule has 0 N–H and O–H groups in total. The third-order valence-corrected chi connectivity index (χ3v) is 7.45. The van der Waals surface area contributed by atoms with Crippen LogP contribution in [0.1, 0.15) is 5.56 Å². The van der Waals surface area contributed by atoms with E-state index in [0.29, 0.717) is 0 Å². The van der Waals surface area contributed by atoms with Gasteiger partial charge in [0.15, 0.2) is 0 Å². The van der Waals surface area contributed by atoms with Crippen molar-refractivity contribution in [1.82, 2.24) is 0 Å². The number of alkyl halides is 4. The number of aryl methyl sites for hydroxylation is 1. The molecule has 0 bridgehead atoms. The lowest BCUT2D eigenvalue weighted by molar-refractivity contribution is -0.115. The van der Waals surface area contributed by atoms with Crippen LogP contribution in [0.3, 0.4) is 0 Å². The number of carbonyl (C=O) groups excluding carboxylic acids is 1. The average molecular weight is 470 g/mol. The zero-order valence-electron chi connectivity index (χ0n) is 11.7. The molecular formula is C13H7Cl6NO3S. The summed E-state index contributed by atoms with van der Waals surface area (Å²) in [7, 11) is -4.26. The Balaban J connectivity index is 2.70. The number of Topliss-reactive ketones (excluding diaryl/α,β-unsaturated/α-hetero) is 1. The molecule has 24 heavy (non-hydrogen) atoms. The van der Waals surface area contributed by atoms with Gasteiger partial charge in [0.1, 0.15) is 10.7 Å². The second kappa shape index (κ2) is 6.62. The molecule has 0 saturated carbocycles. The third kappa shape index (κ3) is 3.32. The van der Waals surface area contributed by atoms with E-state index in [2.05, 4.69) is 4.40 Å². The van der Waals surface area contributed by atoms with Crippen LogP contribution in [0.25, 0.3) is 0 Å². The van der Waals surface area contributed by atoms with Gasteiger partial charge in [0.25, 0.3) is 10.0 Å². The van der Waals surface area contributed by atoms with Gasteiger partial charge >= 0.3 is 0 Å². The van der Waals surface area contributed by atoms with Crippen molar-refractivity contribution in [2.45, 2.75) is 20.5 Å². The molecule has 0 spiro atoms. The van der Waals surface area contributed by atoms with Crippen molar-refractivity contribution in [2.75, 3.05) is 0 Å². The summed E-state index contributed by atoms with van der Waals surface area (Å²) in [5, 5.41) is -1.16.